The zero-order valence-corrected chi connectivity index (χ0v) is 26.2. The van der Waals surface area contributed by atoms with Crippen LogP contribution in [0.2, 0.25) is 0 Å². The molecule has 0 bridgehead atoms. The highest BCUT2D eigenvalue weighted by atomic mass is 32.2. The molecule has 0 radical (unpaired) electrons. The molecule has 3 amide bonds. The molecule has 46 heavy (non-hydrogen) atoms. The van der Waals surface area contributed by atoms with Crippen LogP contribution >= 0.6 is 11.8 Å². The van der Waals surface area contributed by atoms with Gasteiger partial charge in [-0.15, -0.1) is 11.8 Å². The van der Waals surface area contributed by atoms with E-state index in [1.807, 2.05) is 43.3 Å². The molecule has 1 unspecified atom stereocenters. The molecule has 1 atom stereocenters. The largest absolute Gasteiger partial charge is 0.416 e. The van der Waals surface area contributed by atoms with Crippen molar-refractivity contribution in [3.8, 4) is 0 Å². The first kappa shape index (κ1) is 33.9. The smallest absolute Gasteiger partial charge is 0.378 e. The third kappa shape index (κ3) is 9.48. The Morgan fingerprint density at radius 2 is 1.48 bits per heavy atom. The maximum atomic E-state index is 13.5. The van der Waals surface area contributed by atoms with Gasteiger partial charge >= 0.3 is 6.18 Å². The first-order valence-corrected chi connectivity index (χ1v) is 15.2. The third-order valence-corrected chi connectivity index (χ3v) is 8.10. The number of halogens is 3. The molecular formula is C35H33F3N4O3S. The van der Waals surface area contributed by atoms with Gasteiger partial charge in [-0.2, -0.15) is 13.2 Å². The molecular weight excluding hydrogens is 613 g/mol. The quantitative estimate of drug-likeness (QED) is 0.115. The van der Waals surface area contributed by atoms with Crippen LogP contribution in [0.25, 0.3) is 6.08 Å². The lowest BCUT2D eigenvalue weighted by molar-refractivity contribution is -0.137. The van der Waals surface area contributed by atoms with Crippen LogP contribution in [0.5, 0.6) is 0 Å². The molecule has 0 heterocycles. The molecule has 4 aromatic rings. The standard InChI is InChI=1S/C35H33F3N4O3S/c1-4-31(34(45)40-26-13-8-12-25(21-26)35(36,37)38)46-29-15-9-14-27(22-29)39-33(44)30(41-32(43)24-10-6-5-7-11-24)20-23-16-18-28(19-17-23)42(2)3/h5-22,31H,4H2,1-3H3,(H,39,44)(H,40,45)(H,41,43)/b30-20+. The summed E-state index contributed by atoms with van der Waals surface area (Å²) in [6.07, 6.45) is -2.54. The van der Waals surface area contributed by atoms with E-state index < -0.39 is 34.7 Å². The van der Waals surface area contributed by atoms with Crippen LogP contribution in [0.4, 0.5) is 30.2 Å². The van der Waals surface area contributed by atoms with E-state index in [0.29, 0.717) is 28.1 Å². The highest BCUT2D eigenvalue weighted by molar-refractivity contribution is 8.00. The molecule has 0 saturated carbocycles. The number of nitrogens with zero attached hydrogens (tertiary/aromatic N) is 1. The van der Waals surface area contributed by atoms with Crippen LogP contribution in [-0.2, 0) is 15.8 Å². The number of rotatable bonds is 11. The molecule has 0 aliphatic carbocycles. The van der Waals surface area contributed by atoms with Crippen molar-refractivity contribution in [1.82, 2.24) is 5.32 Å². The van der Waals surface area contributed by atoms with Gasteiger partial charge in [-0.3, -0.25) is 14.4 Å². The van der Waals surface area contributed by atoms with Crippen molar-refractivity contribution in [2.24, 2.45) is 0 Å². The number of hydrogen-bond acceptors (Lipinski definition) is 5. The molecule has 0 aliphatic heterocycles. The summed E-state index contributed by atoms with van der Waals surface area (Å²) in [5.41, 5.74) is 1.70. The number of nitrogens with one attached hydrogen (secondary N) is 3. The lowest BCUT2D eigenvalue weighted by Crippen LogP contribution is -2.30. The average Bonchev–Trinajstić information content (AvgIpc) is 3.03. The van der Waals surface area contributed by atoms with Crippen LogP contribution in [0, 0.1) is 0 Å². The van der Waals surface area contributed by atoms with E-state index in [1.54, 1.807) is 67.6 Å². The molecule has 0 fully saturated rings. The van der Waals surface area contributed by atoms with E-state index in [2.05, 4.69) is 16.0 Å². The van der Waals surface area contributed by atoms with Crippen molar-refractivity contribution >= 4 is 52.6 Å². The fraction of sp³-hybridized carbons (Fsp3) is 0.171. The zero-order valence-electron chi connectivity index (χ0n) is 25.4. The van der Waals surface area contributed by atoms with E-state index in [9.17, 15) is 27.6 Å². The van der Waals surface area contributed by atoms with Crippen molar-refractivity contribution in [2.45, 2.75) is 29.7 Å². The predicted octanol–water partition coefficient (Wildman–Crippen LogP) is 7.69. The summed E-state index contributed by atoms with van der Waals surface area (Å²) < 4.78 is 39.3. The molecule has 0 aromatic heterocycles. The maximum absolute atomic E-state index is 13.5. The third-order valence-electron chi connectivity index (χ3n) is 6.74. The molecule has 4 rings (SSSR count). The van der Waals surface area contributed by atoms with E-state index in [0.717, 1.165) is 17.8 Å². The highest BCUT2D eigenvalue weighted by Gasteiger charge is 2.30. The summed E-state index contributed by atoms with van der Waals surface area (Å²) in [4.78, 5) is 42.1. The average molecular weight is 647 g/mol. The number of hydrogen-bond donors (Lipinski definition) is 3. The Morgan fingerprint density at radius 3 is 2.11 bits per heavy atom. The number of anilines is 3. The Balaban J connectivity index is 1.50. The van der Waals surface area contributed by atoms with E-state index in [-0.39, 0.29) is 11.4 Å². The van der Waals surface area contributed by atoms with Crippen LogP contribution < -0.4 is 20.9 Å². The summed E-state index contributed by atoms with van der Waals surface area (Å²) in [5.74, 6) is -1.46. The highest BCUT2D eigenvalue weighted by Crippen LogP contribution is 2.32. The predicted molar refractivity (Wildman–Crippen MR) is 178 cm³/mol. The minimum absolute atomic E-state index is 0.0245. The number of carbonyl (C=O) groups excluding carboxylic acids is 3. The molecule has 238 valence electrons. The van der Waals surface area contributed by atoms with Crippen molar-refractivity contribution in [3.05, 3.63) is 126 Å². The van der Waals surface area contributed by atoms with Crippen LogP contribution in [0.3, 0.4) is 0 Å². The van der Waals surface area contributed by atoms with Crippen molar-refractivity contribution < 1.29 is 27.6 Å². The Bertz CT molecular complexity index is 1710. The normalized spacial score (nSPS) is 12.2. The fourth-order valence-electron chi connectivity index (χ4n) is 4.31. The van der Waals surface area contributed by atoms with Crippen LogP contribution in [0.15, 0.2) is 114 Å². The summed E-state index contributed by atoms with van der Waals surface area (Å²) in [7, 11) is 3.84. The summed E-state index contributed by atoms with van der Waals surface area (Å²) in [6, 6.07) is 27.3. The van der Waals surface area contributed by atoms with Crippen molar-refractivity contribution in [3.63, 3.8) is 0 Å². The number of benzene rings is 4. The molecule has 11 heteroatoms. The monoisotopic (exact) mass is 646 g/mol. The van der Waals surface area contributed by atoms with E-state index in [1.165, 1.54) is 23.9 Å². The second-order valence-corrected chi connectivity index (χ2v) is 11.7. The molecule has 7 nitrogen and oxygen atoms in total. The Morgan fingerprint density at radius 1 is 0.826 bits per heavy atom. The topological polar surface area (TPSA) is 90.5 Å². The lowest BCUT2D eigenvalue weighted by Gasteiger charge is -2.17. The van der Waals surface area contributed by atoms with Gasteiger partial charge in [-0.05, 0) is 78.7 Å². The van der Waals surface area contributed by atoms with Crippen LogP contribution in [0.1, 0.15) is 34.8 Å². The van der Waals surface area contributed by atoms with Gasteiger partial charge < -0.3 is 20.9 Å². The Kier molecular flexibility index (Phi) is 11.3. The minimum Gasteiger partial charge on any atom is -0.378 e. The second kappa shape index (κ2) is 15.3. The van der Waals surface area contributed by atoms with Crippen LogP contribution in [-0.4, -0.2) is 37.1 Å². The van der Waals surface area contributed by atoms with Gasteiger partial charge in [0.1, 0.15) is 5.70 Å². The Labute approximate surface area is 269 Å². The van der Waals surface area contributed by atoms with Gasteiger partial charge in [-0.1, -0.05) is 49.4 Å². The van der Waals surface area contributed by atoms with Gasteiger partial charge in [0.15, 0.2) is 0 Å². The van der Waals surface area contributed by atoms with Gasteiger partial charge in [0, 0.05) is 41.6 Å². The number of amides is 3. The van der Waals surface area contributed by atoms with E-state index in [4.69, 9.17) is 0 Å². The molecule has 0 aliphatic rings. The van der Waals surface area contributed by atoms with Gasteiger partial charge in [-0.25, -0.2) is 0 Å². The molecule has 4 aromatic carbocycles. The lowest BCUT2D eigenvalue weighted by atomic mass is 10.1. The summed E-state index contributed by atoms with van der Waals surface area (Å²) >= 11 is 1.22. The maximum Gasteiger partial charge on any atom is 0.416 e. The first-order chi connectivity index (χ1) is 21.9. The van der Waals surface area contributed by atoms with Crippen molar-refractivity contribution in [2.75, 3.05) is 29.6 Å². The molecule has 0 spiro atoms. The van der Waals surface area contributed by atoms with Gasteiger partial charge in [0.05, 0.1) is 10.8 Å². The second-order valence-electron chi connectivity index (χ2n) is 10.4. The van der Waals surface area contributed by atoms with Gasteiger partial charge in [0.25, 0.3) is 11.8 Å². The number of carbonyl (C=O) groups is 3. The van der Waals surface area contributed by atoms with Gasteiger partial charge in [0.2, 0.25) is 5.91 Å². The molecule has 3 N–H and O–H groups in total. The van der Waals surface area contributed by atoms with Crippen molar-refractivity contribution in [1.29, 1.82) is 0 Å². The molecule has 0 saturated heterocycles. The SMILES string of the molecule is CCC(Sc1cccc(NC(=O)/C(=C\c2ccc(N(C)C)cc2)NC(=O)c2ccccc2)c1)C(=O)Nc1cccc(C(F)(F)F)c1. The fourth-order valence-corrected chi connectivity index (χ4v) is 5.32. The summed E-state index contributed by atoms with van der Waals surface area (Å²) in [5, 5.41) is 7.49. The zero-order chi connectivity index (χ0) is 33.3. The minimum atomic E-state index is -4.53. The van der Waals surface area contributed by atoms with E-state index >= 15 is 0 Å². The Hall–Kier alpha value is -5.03. The number of alkyl halides is 3. The summed E-state index contributed by atoms with van der Waals surface area (Å²) in [6.45, 7) is 1.80. The number of thioether (sulfide) groups is 1. The first-order valence-electron chi connectivity index (χ1n) is 14.3.